The van der Waals surface area contributed by atoms with Crippen LogP contribution in [0.2, 0.25) is 0 Å². The summed E-state index contributed by atoms with van der Waals surface area (Å²) in [6.45, 7) is 0. The smallest absolute Gasteiger partial charge is 0.344 e. The Morgan fingerprint density at radius 3 is 1.48 bits per heavy atom. The molecule has 0 aliphatic rings. The molecule has 0 N–H and O–H groups in total. The van der Waals surface area contributed by atoms with E-state index >= 15 is 0 Å². The van der Waals surface area contributed by atoms with Gasteiger partial charge in [0.15, 0.2) is 23.1 Å². The number of para-hydroxylation sites is 2. The van der Waals surface area contributed by atoms with Crippen molar-refractivity contribution in [3.05, 3.63) is 223 Å². The molecule has 13 rings (SSSR count). The van der Waals surface area contributed by atoms with Crippen LogP contribution in [-0.4, -0.2) is 24.1 Å². The summed E-state index contributed by atoms with van der Waals surface area (Å²) < 4.78 is 10.9. The van der Waals surface area contributed by atoms with E-state index in [9.17, 15) is 4.79 Å². The maximum atomic E-state index is 13.8. The summed E-state index contributed by atoms with van der Waals surface area (Å²) in [5.41, 5.74) is 10.9. The lowest BCUT2D eigenvalue weighted by Gasteiger charge is -2.13. The molecule has 0 aliphatic carbocycles. The lowest BCUT2D eigenvalue weighted by Crippen LogP contribution is -2.02. The maximum Gasteiger partial charge on any atom is 0.344 e. The Morgan fingerprint density at radius 1 is 0.323 bits per heavy atom. The van der Waals surface area contributed by atoms with Gasteiger partial charge >= 0.3 is 5.63 Å². The molecule has 0 radical (unpaired) electrons. The van der Waals surface area contributed by atoms with Crippen LogP contribution in [0.1, 0.15) is 0 Å². The van der Waals surface area contributed by atoms with E-state index < -0.39 is 0 Å². The number of aromatic nitrogens is 5. The van der Waals surface area contributed by atoms with E-state index in [2.05, 4.69) is 124 Å². The number of rotatable bonds is 6. The largest absolute Gasteiger partial charge is 0.420 e. The summed E-state index contributed by atoms with van der Waals surface area (Å²) >= 11 is 0. The number of hydrogen-bond donors (Lipinski definition) is 0. The first kappa shape index (κ1) is 36.7. The summed E-state index contributed by atoms with van der Waals surface area (Å²) in [5, 5.41) is 6.67. The fraction of sp³-hybridized carbons (Fsp3) is 0. The lowest BCUT2D eigenvalue weighted by molar-refractivity contribution is 0.572. The molecule has 0 spiro atoms. The van der Waals surface area contributed by atoms with Crippen LogP contribution in [0, 0.1) is 0 Å². The molecule has 65 heavy (non-hydrogen) atoms. The molecular weight excluding hydrogens is 799 g/mol. The Balaban J connectivity index is 1.07. The molecule has 7 nitrogen and oxygen atoms in total. The molecule has 9 aromatic carbocycles. The van der Waals surface area contributed by atoms with Gasteiger partial charge in [0.2, 0.25) is 0 Å². The first-order valence-electron chi connectivity index (χ1n) is 21.6. The summed E-state index contributed by atoms with van der Waals surface area (Å²) in [6, 6.07) is 72.7. The van der Waals surface area contributed by atoms with Crippen molar-refractivity contribution >= 4 is 65.4 Å². The highest BCUT2D eigenvalue weighted by Gasteiger charge is 2.21. The Morgan fingerprint density at radius 2 is 0.800 bits per heavy atom. The second-order valence-corrected chi connectivity index (χ2v) is 16.3. The summed E-state index contributed by atoms with van der Waals surface area (Å²) in [6.07, 6.45) is 0. The highest BCUT2D eigenvalue weighted by molar-refractivity contribution is 6.21. The fourth-order valence-electron chi connectivity index (χ4n) is 9.61. The van der Waals surface area contributed by atoms with E-state index in [0.29, 0.717) is 28.4 Å². The molecule has 0 unspecified atom stereocenters. The van der Waals surface area contributed by atoms with Crippen LogP contribution >= 0.6 is 0 Å². The van der Waals surface area contributed by atoms with Crippen LogP contribution in [0.4, 0.5) is 0 Å². The van der Waals surface area contributed by atoms with Gasteiger partial charge in [-0.25, -0.2) is 19.7 Å². The minimum Gasteiger partial charge on any atom is -0.420 e. The van der Waals surface area contributed by atoms with Crippen LogP contribution in [0.5, 0.6) is 0 Å². The van der Waals surface area contributed by atoms with E-state index in [1.165, 1.54) is 10.8 Å². The molecule has 0 aliphatic heterocycles. The maximum absolute atomic E-state index is 13.8. The molecule has 4 heterocycles. The molecule has 0 amide bonds. The topological polar surface area (TPSA) is 78.7 Å². The molecule has 4 aromatic heterocycles. The van der Waals surface area contributed by atoms with Crippen molar-refractivity contribution in [3.63, 3.8) is 0 Å². The Hall–Kier alpha value is -8.94. The molecule has 0 fully saturated rings. The molecule has 0 saturated carbocycles. The number of hydrogen-bond acceptors (Lipinski definition) is 5. The Bertz CT molecular complexity index is 4020. The number of benzene rings is 9. The molecule has 13 aromatic rings. The minimum absolute atomic E-state index is 0.374. The predicted octanol–water partition coefficient (Wildman–Crippen LogP) is 14.0. The van der Waals surface area contributed by atoms with E-state index in [0.717, 1.165) is 82.8 Å². The molecule has 304 valence electrons. The van der Waals surface area contributed by atoms with Crippen LogP contribution in [-0.2, 0) is 0 Å². The van der Waals surface area contributed by atoms with E-state index in [1.54, 1.807) is 0 Å². The van der Waals surface area contributed by atoms with Crippen molar-refractivity contribution < 1.29 is 4.42 Å². The monoisotopic (exact) mass is 833 g/mol. The highest BCUT2D eigenvalue weighted by Crippen LogP contribution is 2.41. The zero-order chi connectivity index (χ0) is 43.0. The molecular formula is C58H35N5O2. The third-order valence-electron chi connectivity index (χ3n) is 12.6. The molecule has 7 heteroatoms. The Labute approximate surface area is 371 Å². The number of nitrogens with zero attached hydrogens (tertiary/aromatic N) is 5. The van der Waals surface area contributed by atoms with E-state index in [4.69, 9.17) is 19.4 Å². The average Bonchev–Trinajstić information content (AvgIpc) is 3.90. The van der Waals surface area contributed by atoms with Gasteiger partial charge in [0.05, 0.1) is 27.5 Å². The van der Waals surface area contributed by atoms with Gasteiger partial charge < -0.3 is 13.6 Å². The second-order valence-electron chi connectivity index (χ2n) is 16.3. The second kappa shape index (κ2) is 14.6. The minimum atomic E-state index is -0.374. The van der Waals surface area contributed by atoms with Gasteiger partial charge in [-0.3, -0.25) is 0 Å². The first-order valence-corrected chi connectivity index (χ1v) is 21.6. The zero-order valence-corrected chi connectivity index (χ0v) is 34.8. The van der Waals surface area contributed by atoms with Crippen LogP contribution < -0.4 is 5.63 Å². The highest BCUT2D eigenvalue weighted by atomic mass is 16.4. The third kappa shape index (κ3) is 5.90. The van der Waals surface area contributed by atoms with Crippen molar-refractivity contribution in [1.82, 2.24) is 24.1 Å². The predicted molar refractivity (Wildman–Crippen MR) is 264 cm³/mol. The first-order chi connectivity index (χ1) is 32.1. The van der Waals surface area contributed by atoms with Crippen molar-refractivity contribution in [2.45, 2.75) is 0 Å². The third-order valence-corrected chi connectivity index (χ3v) is 12.6. The molecule has 0 bridgehead atoms. The fourth-order valence-corrected chi connectivity index (χ4v) is 9.61. The number of fused-ring (bicyclic) bond motifs is 10. The molecule has 0 saturated heterocycles. The van der Waals surface area contributed by atoms with Gasteiger partial charge in [-0.1, -0.05) is 158 Å². The quantitative estimate of drug-likeness (QED) is 0.123. The summed E-state index contributed by atoms with van der Waals surface area (Å²) in [7, 11) is 0. The lowest BCUT2D eigenvalue weighted by atomic mass is 10.0. The van der Waals surface area contributed by atoms with E-state index in [1.807, 2.05) is 97.1 Å². The van der Waals surface area contributed by atoms with Crippen molar-refractivity contribution in [2.24, 2.45) is 0 Å². The van der Waals surface area contributed by atoms with Crippen LogP contribution in [0.3, 0.4) is 0 Å². The normalized spacial score (nSPS) is 11.8. The van der Waals surface area contributed by atoms with Gasteiger partial charge in [0.1, 0.15) is 0 Å². The van der Waals surface area contributed by atoms with Gasteiger partial charge in [-0.2, -0.15) is 0 Å². The SMILES string of the molecule is O=c1oc2c(ccc3c4ccc(-c5ccc6c7ccccc7n(-c7ccccc7)c6c5)cc4n(-c4cccc(-c5nc(-c6ccccc6)nc(-c6ccccc6)n5)c4)c32)c2ccccc12. The zero-order valence-electron chi connectivity index (χ0n) is 34.8. The van der Waals surface area contributed by atoms with Crippen molar-refractivity contribution in [2.75, 3.05) is 0 Å². The standard InChI is InChI=1S/C58H35N5O2/c64-58-49-25-11-10-23-43(49)48-32-31-47-46-30-28-39(38-27-29-45-44-24-12-13-26-50(44)62(51(45)34-38)41-20-8-3-9-21-41)35-52(46)63(53(47)54(48)65-58)42-22-14-19-40(33-42)57-60-55(36-15-4-1-5-16-36)59-56(61-57)37-17-6-2-7-18-37/h1-35H. The van der Waals surface area contributed by atoms with Crippen LogP contribution in [0.25, 0.3) is 122 Å². The Kier molecular flexibility index (Phi) is 8.23. The van der Waals surface area contributed by atoms with E-state index in [-0.39, 0.29) is 5.63 Å². The van der Waals surface area contributed by atoms with Crippen molar-refractivity contribution in [1.29, 1.82) is 0 Å². The van der Waals surface area contributed by atoms with Gasteiger partial charge in [-0.05, 0) is 71.1 Å². The van der Waals surface area contributed by atoms with Gasteiger partial charge in [0.25, 0.3) is 0 Å². The summed E-state index contributed by atoms with van der Waals surface area (Å²) in [4.78, 5) is 28.9. The molecule has 0 atom stereocenters. The van der Waals surface area contributed by atoms with Crippen molar-refractivity contribution in [3.8, 4) is 56.7 Å². The van der Waals surface area contributed by atoms with Gasteiger partial charge in [0, 0.05) is 55.0 Å². The average molecular weight is 834 g/mol. The van der Waals surface area contributed by atoms with Gasteiger partial charge in [-0.15, -0.1) is 0 Å². The van der Waals surface area contributed by atoms with Crippen LogP contribution in [0.15, 0.2) is 222 Å². The summed E-state index contributed by atoms with van der Waals surface area (Å²) in [5.74, 6) is 1.72.